The minimum atomic E-state index is -0.527. The van der Waals surface area contributed by atoms with Crippen LogP contribution >= 0.6 is 0 Å². The molecule has 0 bridgehead atoms. The molecule has 0 aromatic rings. The Kier molecular flexibility index (Phi) is 5.50. The van der Waals surface area contributed by atoms with Gasteiger partial charge in [-0.1, -0.05) is 0 Å². The Morgan fingerprint density at radius 1 is 1.26 bits per heavy atom. The largest absolute Gasteiger partial charge is 0.456 e. The molecule has 1 fully saturated rings. The second kappa shape index (κ2) is 6.48. The van der Waals surface area contributed by atoms with Crippen LogP contribution in [0.15, 0.2) is 0 Å². The third-order valence-corrected chi connectivity index (χ3v) is 3.31. The fourth-order valence-corrected chi connectivity index (χ4v) is 2.11. The van der Waals surface area contributed by atoms with Crippen LogP contribution in [-0.2, 0) is 9.53 Å². The Balaban J connectivity index is 2.41. The topological polar surface area (TPSA) is 56.6 Å². The van der Waals surface area contributed by atoms with Crippen LogP contribution in [0.25, 0.3) is 0 Å². The van der Waals surface area contributed by atoms with Gasteiger partial charge < -0.3 is 9.64 Å². The minimum absolute atomic E-state index is 0.0707. The van der Waals surface area contributed by atoms with E-state index in [9.17, 15) is 4.79 Å². The van der Waals surface area contributed by atoms with Gasteiger partial charge in [0.15, 0.2) is 0 Å². The highest BCUT2D eigenvalue weighted by molar-refractivity contribution is 6.35. The van der Waals surface area contributed by atoms with Crippen molar-refractivity contribution in [3.63, 3.8) is 0 Å². The number of piperazine rings is 1. The SMILES string of the molecule is CC(CC(=N)C(=O)OC(C)(C)C)N1CCN(C)CC1. The van der Waals surface area contributed by atoms with E-state index < -0.39 is 11.6 Å². The van der Waals surface area contributed by atoms with Gasteiger partial charge >= 0.3 is 5.97 Å². The highest BCUT2D eigenvalue weighted by atomic mass is 16.6. The molecule has 5 heteroatoms. The summed E-state index contributed by atoms with van der Waals surface area (Å²) in [5.74, 6) is -0.492. The smallest absolute Gasteiger partial charge is 0.352 e. The van der Waals surface area contributed by atoms with Gasteiger partial charge in [-0.2, -0.15) is 0 Å². The van der Waals surface area contributed by atoms with Crippen molar-refractivity contribution in [2.75, 3.05) is 33.2 Å². The Morgan fingerprint density at radius 3 is 2.26 bits per heavy atom. The molecule has 1 aliphatic rings. The Labute approximate surface area is 116 Å². The van der Waals surface area contributed by atoms with Crippen LogP contribution in [0, 0.1) is 5.41 Å². The number of nitrogens with zero attached hydrogens (tertiary/aromatic N) is 2. The number of esters is 1. The standard InChI is InChI=1S/C14H27N3O2/c1-11(17-8-6-16(5)7-9-17)10-12(15)13(18)19-14(2,3)4/h11,15H,6-10H2,1-5H3. The molecule has 0 amide bonds. The maximum atomic E-state index is 11.8. The fraction of sp³-hybridized carbons (Fsp3) is 0.857. The van der Waals surface area contributed by atoms with E-state index in [1.54, 1.807) is 0 Å². The van der Waals surface area contributed by atoms with Crippen molar-refractivity contribution in [2.24, 2.45) is 0 Å². The lowest BCUT2D eigenvalue weighted by molar-refractivity contribution is -0.146. The first-order valence-electron chi connectivity index (χ1n) is 6.92. The summed E-state index contributed by atoms with van der Waals surface area (Å²) >= 11 is 0. The van der Waals surface area contributed by atoms with Crippen LogP contribution in [0.5, 0.6) is 0 Å². The molecule has 1 aliphatic heterocycles. The van der Waals surface area contributed by atoms with Crippen molar-refractivity contribution in [1.29, 1.82) is 5.41 Å². The number of hydrogen-bond donors (Lipinski definition) is 1. The van der Waals surface area contributed by atoms with Gasteiger partial charge in [0, 0.05) is 38.6 Å². The quantitative estimate of drug-likeness (QED) is 0.619. The fourth-order valence-electron chi connectivity index (χ4n) is 2.11. The molecule has 110 valence electrons. The number of carbonyl (C=O) groups is 1. The monoisotopic (exact) mass is 269 g/mol. The maximum Gasteiger partial charge on any atom is 0.352 e. The van der Waals surface area contributed by atoms with Gasteiger partial charge in [-0.3, -0.25) is 10.3 Å². The molecule has 0 aromatic heterocycles. The zero-order chi connectivity index (χ0) is 14.6. The van der Waals surface area contributed by atoms with Gasteiger partial charge in [0.1, 0.15) is 11.3 Å². The van der Waals surface area contributed by atoms with E-state index in [2.05, 4.69) is 23.8 Å². The van der Waals surface area contributed by atoms with Crippen LogP contribution in [-0.4, -0.2) is 66.4 Å². The summed E-state index contributed by atoms with van der Waals surface area (Å²) in [6, 6.07) is 0.216. The molecule has 0 spiro atoms. The molecule has 5 nitrogen and oxygen atoms in total. The molecule has 0 saturated carbocycles. The maximum absolute atomic E-state index is 11.8. The highest BCUT2D eigenvalue weighted by Gasteiger charge is 2.25. The molecule has 1 heterocycles. The van der Waals surface area contributed by atoms with E-state index in [1.807, 2.05) is 20.8 Å². The summed E-state index contributed by atoms with van der Waals surface area (Å²) in [5.41, 5.74) is -0.457. The second-order valence-corrected chi connectivity index (χ2v) is 6.37. The number of ether oxygens (including phenoxy) is 1. The molecule has 1 saturated heterocycles. The summed E-state index contributed by atoms with van der Waals surface area (Å²) in [5, 5.41) is 7.85. The second-order valence-electron chi connectivity index (χ2n) is 6.37. The van der Waals surface area contributed by atoms with Crippen molar-refractivity contribution >= 4 is 11.7 Å². The summed E-state index contributed by atoms with van der Waals surface area (Å²) in [7, 11) is 2.12. The predicted octanol–water partition coefficient (Wildman–Crippen LogP) is 1.37. The first-order chi connectivity index (χ1) is 8.69. The van der Waals surface area contributed by atoms with E-state index in [4.69, 9.17) is 10.1 Å². The number of rotatable bonds is 4. The lowest BCUT2D eigenvalue weighted by Gasteiger charge is -2.36. The van der Waals surface area contributed by atoms with E-state index in [0.29, 0.717) is 6.42 Å². The Morgan fingerprint density at radius 2 is 1.79 bits per heavy atom. The molecule has 19 heavy (non-hydrogen) atoms. The average molecular weight is 269 g/mol. The summed E-state index contributed by atoms with van der Waals surface area (Å²) in [6.45, 7) is 11.6. The number of likely N-dealkylation sites (N-methyl/N-ethyl adjacent to an activating group) is 1. The molecule has 1 atom stereocenters. The Hall–Kier alpha value is -0.940. The van der Waals surface area contributed by atoms with Crippen LogP contribution < -0.4 is 0 Å². The molecule has 1 N–H and O–H groups in total. The third-order valence-electron chi connectivity index (χ3n) is 3.31. The third kappa shape index (κ3) is 5.70. The molecule has 0 aromatic carbocycles. The van der Waals surface area contributed by atoms with Crippen LogP contribution in [0.4, 0.5) is 0 Å². The summed E-state index contributed by atoms with van der Waals surface area (Å²) in [4.78, 5) is 16.4. The lowest BCUT2D eigenvalue weighted by atomic mass is 10.1. The van der Waals surface area contributed by atoms with Gasteiger partial charge in [0.25, 0.3) is 0 Å². The van der Waals surface area contributed by atoms with Gasteiger partial charge in [-0.25, -0.2) is 4.79 Å². The molecule has 1 unspecified atom stereocenters. The van der Waals surface area contributed by atoms with Gasteiger partial charge in [-0.05, 0) is 34.7 Å². The highest BCUT2D eigenvalue weighted by Crippen LogP contribution is 2.12. The number of nitrogens with one attached hydrogen (secondary N) is 1. The molecule has 0 aliphatic carbocycles. The predicted molar refractivity (Wildman–Crippen MR) is 76.7 cm³/mol. The first kappa shape index (κ1) is 16.1. The normalized spacial score (nSPS) is 20.1. The average Bonchev–Trinajstić information content (AvgIpc) is 2.27. The van der Waals surface area contributed by atoms with Crippen molar-refractivity contribution in [2.45, 2.75) is 45.8 Å². The zero-order valence-electron chi connectivity index (χ0n) is 12.8. The van der Waals surface area contributed by atoms with E-state index >= 15 is 0 Å². The number of carbonyl (C=O) groups excluding carboxylic acids is 1. The zero-order valence-corrected chi connectivity index (χ0v) is 12.8. The lowest BCUT2D eigenvalue weighted by Crippen LogP contribution is -2.49. The Bertz CT molecular complexity index is 328. The van der Waals surface area contributed by atoms with Crippen molar-refractivity contribution < 1.29 is 9.53 Å². The molecular formula is C14H27N3O2. The van der Waals surface area contributed by atoms with Crippen LogP contribution in [0.1, 0.15) is 34.1 Å². The van der Waals surface area contributed by atoms with Crippen LogP contribution in [0.2, 0.25) is 0 Å². The van der Waals surface area contributed by atoms with Gasteiger partial charge in [0.2, 0.25) is 0 Å². The van der Waals surface area contributed by atoms with E-state index in [0.717, 1.165) is 26.2 Å². The van der Waals surface area contributed by atoms with E-state index in [-0.39, 0.29) is 11.8 Å². The summed E-state index contributed by atoms with van der Waals surface area (Å²) < 4.78 is 5.21. The minimum Gasteiger partial charge on any atom is -0.456 e. The first-order valence-corrected chi connectivity index (χ1v) is 6.92. The van der Waals surface area contributed by atoms with Gasteiger partial charge in [-0.15, -0.1) is 0 Å². The van der Waals surface area contributed by atoms with Gasteiger partial charge in [0.05, 0.1) is 0 Å². The van der Waals surface area contributed by atoms with E-state index in [1.165, 1.54) is 0 Å². The molecule has 1 rings (SSSR count). The van der Waals surface area contributed by atoms with Crippen molar-refractivity contribution in [1.82, 2.24) is 9.80 Å². The van der Waals surface area contributed by atoms with Crippen molar-refractivity contribution in [3.05, 3.63) is 0 Å². The molecule has 0 radical (unpaired) electrons. The summed E-state index contributed by atoms with van der Waals surface area (Å²) in [6.07, 6.45) is 0.457. The van der Waals surface area contributed by atoms with Crippen molar-refractivity contribution in [3.8, 4) is 0 Å². The number of hydrogen-bond acceptors (Lipinski definition) is 5. The van der Waals surface area contributed by atoms with Crippen LogP contribution in [0.3, 0.4) is 0 Å². The molecular weight excluding hydrogens is 242 g/mol.